The molecule has 6 nitrogen and oxygen atoms in total. The third-order valence-electron chi connectivity index (χ3n) is 4.62. The Morgan fingerprint density at radius 3 is 3.18 bits per heavy atom. The first-order chi connectivity index (χ1) is 10.7. The molecule has 2 fully saturated rings. The van der Waals surface area contributed by atoms with Gasteiger partial charge in [0, 0.05) is 18.8 Å². The highest BCUT2D eigenvalue weighted by atomic mass is 16.5. The topological polar surface area (TPSA) is 68.2 Å². The fourth-order valence-electron chi connectivity index (χ4n) is 3.38. The lowest BCUT2D eigenvalue weighted by atomic mass is 9.89. The van der Waals surface area contributed by atoms with Crippen LogP contribution < -0.4 is 10.6 Å². The van der Waals surface area contributed by atoms with Crippen molar-refractivity contribution in [1.29, 1.82) is 0 Å². The van der Waals surface area contributed by atoms with Crippen LogP contribution in [0.4, 0.5) is 5.82 Å². The van der Waals surface area contributed by atoms with E-state index in [0.717, 1.165) is 32.4 Å². The molecule has 1 aromatic heterocycles. The molecule has 1 saturated heterocycles. The van der Waals surface area contributed by atoms with E-state index >= 15 is 0 Å². The second-order valence-corrected chi connectivity index (χ2v) is 6.58. The molecule has 2 N–H and O–H groups in total. The lowest BCUT2D eigenvalue weighted by Crippen LogP contribution is -2.27. The smallest absolute Gasteiger partial charge is 0.251 e. The molecule has 1 aliphatic carbocycles. The maximum Gasteiger partial charge on any atom is 0.251 e. The van der Waals surface area contributed by atoms with Gasteiger partial charge in [-0.05, 0) is 31.7 Å². The molecule has 6 heteroatoms. The van der Waals surface area contributed by atoms with Crippen molar-refractivity contribution >= 4 is 11.7 Å². The van der Waals surface area contributed by atoms with Crippen LogP contribution in [0.5, 0.6) is 0 Å². The average Bonchev–Trinajstić information content (AvgIpc) is 3.16. The van der Waals surface area contributed by atoms with Gasteiger partial charge in [0.05, 0.1) is 12.1 Å². The summed E-state index contributed by atoms with van der Waals surface area (Å²) >= 11 is 0. The number of amides is 1. The van der Waals surface area contributed by atoms with Crippen LogP contribution in [0.2, 0.25) is 0 Å². The molecular weight excluding hydrogens is 280 g/mol. The number of carbonyl (C=O) groups excluding carboxylic acids is 1. The predicted octanol–water partition coefficient (Wildman–Crippen LogP) is 1.95. The van der Waals surface area contributed by atoms with E-state index in [0.29, 0.717) is 17.8 Å². The fraction of sp³-hybridized carbons (Fsp3) is 0.750. The van der Waals surface area contributed by atoms with E-state index in [2.05, 4.69) is 22.7 Å². The summed E-state index contributed by atoms with van der Waals surface area (Å²) in [5, 5.41) is 10.6. The van der Waals surface area contributed by atoms with E-state index in [-0.39, 0.29) is 18.6 Å². The number of hydrogen-bond acceptors (Lipinski definition) is 4. The third kappa shape index (κ3) is 4.08. The number of nitrogens with one attached hydrogen (secondary N) is 2. The summed E-state index contributed by atoms with van der Waals surface area (Å²) in [6.45, 7) is 4.34. The van der Waals surface area contributed by atoms with Gasteiger partial charge in [-0.15, -0.1) is 0 Å². The average molecular weight is 306 g/mol. The molecule has 3 rings (SSSR count). The Balaban J connectivity index is 1.43. The highest BCUT2D eigenvalue weighted by Gasteiger charge is 2.21. The first kappa shape index (κ1) is 15.5. The van der Waals surface area contributed by atoms with E-state index in [9.17, 15) is 4.79 Å². The minimum Gasteiger partial charge on any atom is -0.368 e. The zero-order valence-electron chi connectivity index (χ0n) is 13.3. The highest BCUT2D eigenvalue weighted by molar-refractivity contribution is 5.90. The molecule has 3 atom stereocenters. The molecule has 22 heavy (non-hydrogen) atoms. The molecule has 1 saturated carbocycles. The van der Waals surface area contributed by atoms with Crippen LogP contribution in [0.3, 0.4) is 0 Å². The second-order valence-electron chi connectivity index (χ2n) is 6.58. The van der Waals surface area contributed by atoms with Gasteiger partial charge < -0.3 is 15.4 Å². The number of nitrogens with zero attached hydrogens (tertiary/aromatic N) is 2. The van der Waals surface area contributed by atoms with Gasteiger partial charge in [-0.1, -0.05) is 19.8 Å². The van der Waals surface area contributed by atoms with E-state index in [1.54, 1.807) is 0 Å². The number of rotatable bonds is 5. The quantitative estimate of drug-likeness (QED) is 0.872. The first-order valence-electron chi connectivity index (χ1n) is 8.38. The summed E-state index contributed by atoms with van der Waals surface area (Å²) in [5.41, 5.74) is 0. The Bertz CT molecular complexity index is 496. The van der Waals surface area contributed by atoms with Gasteiger partial charge in [0.2, 0.25) is 0 Å². The van der Waals surface area contributed by atoms with Crippen molar-refractivity contribution in [3.63, 3.8) is 0 Å². The molecule has 122 valence electrons. The van der Waals surface area contributed by atoms with Crippen LogP contribution in [-0.4, -0.2) is 41.5 Å². The van der Waals surface area contributed by atoms with Gasteiger partial charge in [0.15, 0.2) is 5.82 Å². The maximum atomic E-state index is 12.0. The van der Waals surface area contributed by atoms with Gasteiger partial charge >= 0.3 is 0 Å². The lowest BCUT2D eigenvalue weighted by Gasteiger charge is -2.26. The van der Waals surface area contributed by atoms with Gasteiger partial charge in [0.1, 0.15) is 6.61 Å². The monoisotopic (exact) mass is 306 g/mol. The first-order valence-corrected chi connectivity index (χ1v) is 8.38. The SMILES string of the molecule is CC1CCCC(OCC(=O)Nc2ccn(C3CCNC3)n2)C1. The Morgan fingerprint density at radius 2 is 2.41 bits per heavy atom. The van der Waals surface area contributed by atoms with Crippen molar-refractivity contribution in [1.82, 2.24) is 15.1 Å². The zero-order chi connectivity index (χ0) is 15.4. The molecule has 2 heterocycles. The maximum absolute atomic E-state index is 12.0. The van der Waals surface area contributed by atoms with Gasteiger partial charge in [-0.3, -0.25) is 9.48 Å². The van der Waals surface area contributed by atoms with Crippen molar-refractivity contribution in [2.45, 2.75) is 51.2 Å². The fourth-order valence-corrected chi connectivity index (χ4v) is 3.38. The summed E-state index contributed by atoms with van der Waals surface area (Å²) in [5.74, 6) is 1.20. The van der Waals surface area contributed by atoms with Gasteiger partial charge in [-0.25, -0.2) is 0 Å². The lowest BCUT2D eigenvalue weighted by molar-refractivity contribution is -0.123. The molecule has 1 amide bonds. The molecule has 0 spiro atoms. The van der Waals surface area contributed by atoms with Crippen molar-refractivity contribution < 1.29 is 9.53 Å². The van der Waals surface area contributed by atoms with Crippen LogP contribution in [0.25, 0.3) is 0 Å². The van der Waals surface area contributed by atoms with Gasteiger partial charge in [-0.2, -0.15) is 5.10 Å². The van der Waals surface area contributed by atoms with Crippen LogP contribution in [-0.2, 0) is 9.53 Å². The normalized spacial score (nSPS) is 28.7. The van der Waals surface area contributed by atoms with Gasteiger partial charge in [0.25, 0.3) is 5.91 Å². The van der Waals surface area contributed by atoms with Crippen molar-refractivity contribution in [2.24, 2.45) is 5.92 Å². The van der Waals surface area contributed by atoms with E-state index in [1.165, 1.54) is 12.8 Å². The second kappa shape index (κ2) is 7.24. The van der Waals surface area contributed by atoms with E-state index in [4.69, 9.17) is 4.74 Å². The van der Waals surface area contributed by atoms with E-state index < -0.39 is 0 Å². The molecule has 1 aliphatic heterocycles. The molecule has 2 aliphatic rings. The largest absolute Gasteiger partial charge is 0.368 e. The van der Waals surface area contributed by atoms with Crippen LogP contribution in [0, 0.1) is 5.92 Å². The summed E-state index contributed by atoms with van der Waals surface area (Å²) < 4.78 is 7.67. The summed E-state index contributed by atoms with van der Waals surface area (Å²) in [6, 6.07) is 2.24. The van der Waals surface area contributed by atoms with Crippen molar-refractivity contribution in [2.75, 3.05) is 25.0 Å². The van der Waals surface area contributed by atoms with E-state index in [1.807, 2.05) is 16.9 Å². The Hall–Kier alpha value is -1.40. The molecular formula is C16H26N4O2. The third-order valence-corrected chi connectivity index (χ3v) is 4.62. The molecule has 0 aromatic carbocycles. The summed E-state index contributed by atoms with van der Waals surface area (Å²) in [4.78, 5) is 12.0. The Morgan fingerprint density at radius 1 is 1.50 bits per heavy atom. The van der Waals surface area contributed by atoms with Crippen LogP contribution >= 0.6 is 0 Å². The molecule has 3 unspecified atom stereocenters. The highest BCUT2D eigenvalue weighted by Crippen LogP contribution is 2.25. The molecule has 1 aromatic rings. The Kier molecular flexibility index (Phi) is 5.10. The van der Waals surface area contributed by atoms with Crippen LogP contribution in [0.1, 0.15) is 45.1 Å². The zero-order valence-corrected chi connectivity index (χ0v) is 13.3. The minimum absolute atomic E-state index is 0.118. The molecule has 0 bridgehead atoms. The van der Waals surface area contributed by atoms with Crippen LogP contribution in [0.15, 0.2) is 12.3 Å². The minimum atomic E-state index is -0.118. The molecule has 0 radical (unpaired) electrons. The summed E-state index contributed by atoms with van der Waals surface area (Å²) in [7, 11) is 0. The van der Waals surface area contributed by atoms with Crippen molar-refractivity contribution in [3.05, 3.63) is 12.3 Å². The number of anilines is 1. The number of hydrogen-bond donors (Lipinski definition) is 2. The Labute approximate surface area is 131 Å². The summed E-state index contributed by atoms with van der Waals surface area (Å²) in [6.07, 6.45) is 7.86. The predicted molar refractivity (Wildman–Crippen MR) is 84.8 cm³/mol. The number of carbonyl (C=O) groups is 1. The number of ether oxygens (including phenoxy) is 1. The standard InChI is InChI=1S/C16H26N4O2/c1-12-3-2-4-14(9-12)22-11-16(21)18-15-6-8-20(19-15)13-5-7-17-10-13/h6,8,12-14,17H,2-5,7,9-11H2,1H3,(H,18,19,21). The van der Waals surface area contributed by atoms with Crippen molar-refractivity contribution in [3.8, 4) is 0 Å². The number of aromatic nitrogens is 2.